The molecule has 0 spiro atoms. The molecule has 0 bridgehead atoms. The van der Waals surface area contributed by atoms with E-state index in [1.807, 2.05) is 0 Å². The second-order valence-corrected chi connectivity index (χ2v) is 6.33. The Morgan fingerprint density at radius 3 is 2.14 bits per heavy atom. The third-order valence-electron chi connectivity index (χ3n) is 4.02. The van der Waals surface area contributed by atoms with Gasteiger partial charge >= 0.3 is 0 Å². The van der Waals surface area contributed by atoms with Crippen LogP contribution in [0.15, 0.2) is 24.3 Å². The first-order chi connectivity index (χ1) is 10.8. The summed E-state index contributed by atoms with van der Waals surface area (Å²) in [6, 6.07) is 8.95. The van der Waals surface area contributed by atoms with Crippen LogP contribution < -0.4 is 10.1 Å². The molecule has 2 nitrogen and oxygen atoms in total. The molecule has 0 saturated carbocycles. The number of unbranched alkanes of at least 4 members (excludes halogenated alkanes) is 6. The van der Waals surface area contributed by atoms with Crippen molar-refractivity contribution >= 4 is 5.69 Å². The first-order valence-electron chi connectivity index (χ1n) is 9.25. The van der Waals surface area contributed by atoms with Crippen molar-refractivity contribution in [3.63, 3.8) is 0 Å². The van der Waals surface area contributed by atoms with Crippen molar-refractivity contribution in [1.29, 1.82) is 0 Å². The van der Waals surface area contributed by atoms with Crippen LogP contribution in [-0.2, 0) is 0 Å². The van der Waals surface area contributed by atoms with Crippen molar-refractivity contribution in [1.82, 2.24) is 0 Å². The van der Waals surface area contributed by atoms with Crippen LogP contribution in [-0.4, -0.2) is 12.6 Å². The van der Waals surface area contributed by atoms with Crippen molar-refractivity contribution < 1.29 is 4.74 Å². The largest absolute Gasteiger partial charge is 0.494 e. The van der Waals surface area contributed by atoms with Crippen LogP contribution >= 0.6 is 0 Å². The van der Waals surface area contributed by atoms with E-state index in [0.29, 0.717) is 6.04 Å². The first-order valence-corrected chi connectivity index (χ1v) is 9.25. The van der Waals surface area contributed by atoms with Gasteiger partial charge < -0.3 is 10.1 Å². The third-order valence-corrected chi connectivity index (χ3v) is 4.02. The molecule has 1 aromatic carbocycles. The number of hydrogen-bond donors (Lipinski definition) is 1. The van der Waals surface area contributed by atoms with Gasteiger partial charge in [-0.05, 0) is 44.0 Å². The minimum atomic E-state index is 0.540. The highest BCUT2D eigenvalue weighted by Gasteiger charge is 2.02. The summed E-state index contributed by atoms with van der Waals surface area (Å²) in [6.45, 7) is 7.59. The van der Waals surface area contributed by atoms with Crippen LogP contribution in [0.2, 0.25) is 0 Å². The molecule has 0 saturated heterocycles. The Morgan fingerprint density at radius 1 is 0.864 bits per heavy atom. The van der Waals surface area contributed by atoms with Crippen LogP contribution in [0.25, 0.3) is 0 Å². The van der Waals surface area contributed by atoms with E-state index in [-0.39, 0.29) is 0 Å². The van der Waals surface area contributed by atoms with E-state index >= 15 is 0 Å². The first kappa shape index (κ1) is 18.9. The Kier molecular flexibility index (Phi) is 10.6. The predicted molar refractivity (Wildman–Crippen MR) is 97.9 cm³/mol. The van der Waals surface area contributed by atoms with Gasteiger partial charge in [-0.15, -0.1) is 0 Å². The zero-order valence-corrected chi connectivity index (χ0v) is 14.9. The molecule has 0 aromatic heterocycles. The number of nitrogens with one attached hydrogen (secondary N) is 1. The van der Waals surface area contributed by atoms with Gasteiger partial charge in [0.15, 0.2) is 0 Å². The maximum absolute atomic E-state index is 5.78. The highest BCUT2D eigenvalue weighted by molar-refractivity contribution is 5.46. The molecule has 0 fully saturated rings. The SMILES string of the molecule is CCCCCCOc1ccc(NC(C)CCCCCC)cc1. The van der Waals surface area contributed by atoms with Crippen LogP contribution in [0, 0.1) is 0 Å². The molecule has 1 unspecified atom stereocenters. The molecule has 1 atom stereocenters. The summed E-state index contributed by atoms with van der Waals surface area (Å²) in [7, 11) is 0. The van der Waals surface area contributed by atoms with E-state index in [9.17, 15) is 0 Å². The van der Waals surface area contributed by atoms with Crippen LogP contribution in [0.4, 0.5) is 5.69 Å². The van der Waals surface area contributed by atoms with Gasteiger partial charge in [0.25, 0.3) is 0 Å². The lowest BCUT2D eigenvalue weighted by molar-refractivity contribution is 0.305. The lowest BCUT2D eigenvalue weighted by atomic mass is 10.1. The van der Waals surface area contributed by atoms with Crippen LogP contribution in [0.5, 0.6) is 5.75 Å². The fourth-order valence-corrected chi connectivity index (χ4v) is 2.60. The Balaban J connectivity index is 2.20. The summed E-state index contributed by atoms with van der Waals surface area (Å²) in [4.78, 5) is 0. The van der Waals surface area contributed by atoms with Crippen molar-refractivity contribution in [2.75, 3.05) is 11.9 Å². The molecule has 0 heterocycles. The van der Waals surface area contributed by atoms with E-state index in [2.05, 4.69) is 50.4 Å². The highest BCUT2D eigenvalue weighted by Crippen LogP contribution is 2.18. The molecule has 1 N–H and O–H groups in total. The third kappa shape index (κ3) is 8.96. The number of anilines is 1. The average molecular weight is 306 g/mol. The van der Waals surface area contributed by atoms with Crippen molar-refractivity contribution in [3.8, 4) is 5.75 Å². The second-order valence-electron chi connectivity index (χ2n) is 6.33. The average Bonchev–Trinajstić information content (AvgIpc) is 2.53. The van der Waals surface area contributed by atoms with Gasteiger partial charge in [-0.3, -0.25) is 0 Å². The lowest BCUT2D eigenvalue weighted by Crippen LogP contribution is -2.14. The van der Waals surface area contributed by atoms with Crippen molar-refractivity contribution in [2.45, 2.75) is 84.6 Å². The van der Waals surface area contributed by atoms with Gasteiger partial charge in [0, 0.05) is 11.7 Å². The van der Waals surface area contributed by atoms with Crippen molar-refractivity contribution in [2.24, 2.45) is 0 Å². The minimum absolute atomic E-state index is 0.540. The van der Waals surface area contributed by atoms with E-state index in [1.54, 1.807) is 0 Å². The lowest BCUT2D eigenvalue weighted by Gasteiger charge is -2.15. The maximum Gasteiger partial charge on any atom is 0.119 e. The monoisotopic (exact) mass is 305 g/mol. The maximum atomic E-state index is 5.78. The van der Waals surface area contributed by atoms with Crippen LogP contribution in [0.1, 0.15) is 78.6 Å². The summed E-state index contributed by atoms with van der Waals surface area (Å²) in [5.41, 5.74) is 1.20. The fourth-order valence-electron chi connectivity index (χ4n) is 2.60. The number of benzene rings is 1. The van der Waals surface area contributed by atoms with Gasteiger partial charge in [-0.25, -0.2) is 0 Å². The summed E-state index contributed by atoms with van der Waals surface area (Å²) in [6.07, 6.45) is 11.6. The Bertz CT molecular complexity index is 360. The van der Waals surface area contributed by atoms with Gasteiger partial charge in [-0.2, -0.15) is 0 Å². The van der Waals surface area contributed by atoms with E-state index in [1.165, 1.54) is 57.1 Å². The molecular weight excluding hydrogens is 270 g/mol. The summed E-state index contributed by atoms with van der Waals surface area (Å²) < 4.78 is 5.78. The molecule has 22 heavy (non-hydrogen) atoms. The normalized spacial score (nSPS) is 12.1. The number of hydrogen-bond acceptors (Lipinski definition) is 2. The van der Waals surface area contributed by atoms with E-state index < -0.39 is 0 Å². The molecule has 1 rings (SSSR count). The predicted octanol–water partition coefficient (Wildman–Crippen LogP) is 6.42. The Morgan fingerprint density at radius 2 is 1.50 bits per heavy atom. The summed E-state index contributed by atoms with van der Waals surface area (Å²) in [5, 5.41) is 3.57. The standard InChI is InChI=1S/C20H35NO/c1-4-6-8-10-12-18(3)21-19-13-15-20(16-14-19)22-17-11-9-7-5-2/h13-16,18,21H,4-12,17H2,1-3H3. The molecule has 0 aliphatic carbocycles. The van der Waals surface area contributed by atoms with Gasteiger partial charge in [0.05, 0.1) is 6.61 Å². The van der Waals surface area contributed by atoms with E-state index in [4.69, 9.17) is 4.74 Å². The Hall–Kier alpha value is -1.18. The molecule has 0 radical (unpaired) electrons. The molecule has 1 aromatic rings. The van der Waals surface area contributed by atoms with Crippen LogP contribution in [0.3, 0.4) is 0 Å². The summed E-state index contributed by atoms with van der Waals surface area (Å²) in [5.74, 6) is 0.984. The van der Waals surface area contributed by atoms with E-state index in [0.717, 1.165) is 18.8 Å². The smallest absolute Gasteiger partial charge is 0.119 e. The second kappa shape index (κ2) is 12.4. The Labute approximate surface area is 137 Å². The zero-order valence-electron chi connectivity index (χ0n) is 14.9. The number of ether oxygens (including phenoxy) is 1. The summed E-state index contributed by atoms with van der Waals surface area (Å²) >= 11 is 0. The van der Waals surface area contributed by atoms with Crippen molar-refractivity contribution in [3.05, 3.63) is 24.3 Å². The van der Waals surface area contributed by atoms with Gasteiger partial charge in [-0.1, -0.05) is 58.8 Å². The molecule has 126 valence electrons. The molecule has 2 heteroatoms. The molecule has 0 amide bonds. The molecule has 0 aliphatic rings. The van der Waals surface area contributed by atoms with Gasteiger partial charge in [0.1, 0.15) is 5.75 Å². The minimum Gasteiger partial charge on any atom is -0.494 e. The fraction of sp³-hybridized carbons (Fsp3) is 0.700. The zero-order chi connectivity index (χ0) is 16.0. The van der Waals surface area contributed by atoms with Gasteiger partial charge in [0.2, 0.25) is 0 Å². The molecular formula is C20H35NO. The topological polar surface area (TPSA) is 21.3 Å². The highest BCUT2D eigenvalue weighted by atomic mass is 16.5. The molecule has 0 aliphatic heterocycles. The number of rotatable bonds is 13. The quantitative estimate of drug-likeness (QED) is 0.425.